The quantitative estimate of drug-likeness (QED) is 0.480. The van der Waals surface area contributed by atoms with Gasteiger partial charge >= 0.3 is 0 Å². The lowest BCUT2D eigenvalue weighted by Gasteiger charge is -2.37. The molecule has 0 saturated heterocycles. The summed E-state index contributed by atoms with van der Waals surface area (Å²) in [6, 6.07) is 0. The minimum Gasteiger partial charge on any atom is -0.0625 e. The molecule has 0 amide bonds. The zero-order valence-electron chi connectivity index (χ0n) is 15.1. The largest absolute Gasteiger partial charge is 0.0625 e. The molecule has 0 bridgehead atoms. The average molecular weight is 279 g/mol. The topological polar surface area (TPSA) is 0 Å². The Bertz CT molecular complexity index is 280. The highest BCUT2D eigenvalue weighted by molar-refractivity contribution is 4.97. The van der Waals surface area contributed by atoms with Crippen molar-refractivity contribution >= 4 is 0 Å². The van der Waals surface area contributed by atoms with Crippen molar-refractivity contribution < 1.29 is 0 Å². The van der Waals surface area contributed by atoms with Crippen LogP contribution in [0.4, 0.5) is 0 Å². The van der Waals surface area contributed by atoms with E-state index in [-0.39, 0.29) is 0 Å². The Kier molecular flexibility index (Phi) is 4.92. The SMILES string of the molecule is CC(C)(C)C.CC1CC2CC3C(C)CC(C)C3CC2C1. The lowest BCUT2D eigenvalue weighted by atomic mass is 9.68. The molecule has 3 saturated carbocycles. The van der Waals surface area contributed by atoms with Crippen LogP contribution in [0.25, 0.3) is 0 Å². The molecule has 3 aliphatic rings. The van der Waals surface area contributed by atoms with Gasteiger partial charge in [-0.3, -0.25) is 0 Å². The Hall–Kier alpha value is 0. The first kappa shape index (κ1) is 16.4. The monoisotopic (exact) mass is 278 g/mol. The molecule has 3 fully saturated rings. The first-order valence-corrected chi connectivity index (χ1v) is 9.15. The molecule has 0 spiro atoms. The van der Waals surface area contributed by atoms with E-state index in [9.17, 15) is 0 Å². The summed E-state index contributed by atoms with van der Waals surface area (Å²) in [5, 5.41) is 0. The van der Waals surface area contributed by atoms with E-state index in [4.69, 9.17) is 0 Å². The highest BCUT2D eigenvalue weighted by Gasteiger charge is 2.47. The molecule has 6 unspecified atom stereocenters. The van der Waals surface area contributed by atoms with Crippen LogP contribution in [-0.2, 0) is 0 Å². The van der Waals surface area contributed by atoms with E-state index in [1.165, 1.54) is 6.42 Å². The van der Waals surface area contributed by atoms with Gasteiger partial charge in [0, 0.05) is 0 Å². The van der Waals surface area contributed by atoms with Crippen LogP contribution in [0, 0.1) is 46.8 Å². The third kappa shape index (κ3) is 4.01. The molecule has 20 heavy (non-hydrogen) atoms. The predicted octanol–water partition coefficient (Wildman–Crippen LogP) is 6.40. The fourth-order valence-corrected chi connectivity index (χ4v) is 5.39. The van der Waals surface area contributed by atoms with E-state index in [1.807, 2.05) is 0 Å². The van der Waals surface area contributed by atoms with Crippen molar-refractivity contribution in [3.8, 4) is 0 Å². The number of hydrogen-bond acceptors (Lipinski definition) is 0. The lowest BCUT2D eigenvalue weighted by Crippen LogP contribution is -2.29. The van der Waals surface area contributed by atoms with Gasteiger partial charge in [0.05, 0.1) is 0 Å². The maximum absolute atomic E-state index is 2.51. The number of fused-ring (bicyclic) bond motifs is 2. The molecule has 0 aromatic heterocycles. The van der Waals surface area contributed by atoms with E-state index in [1.54, 1.807) is 25.7 Å². The number of rotatable bonds is 0. The summed E-state index contributed by atoms with van der Waals surface area (Å²) in [7, 11) is 0. The average Bonchev–Trinajstić information content (AvgIpc) is 2.74. The van der Waals surface area contributed by atoms with Crippen LogP contribution < -0.4 is 0 Å². The molecule has 0 aromatic rings. The molecule has 118 valence electrons. The fourth-order valence-electron chi connectivity index (χ4n) is 5.39. The second kappa shape index (κ2) is 6.01. The Morgan fingerprint density at radius 1 is 0.600 bits per heavy atom. The fraction of sp³-hybridized carbons (Fsp3) is 1.00. The van der Waals surface area contributed by atoms with Crippen LogP contribution in [0.5, 0.6) is 0 Å². The van der Waals surface area contributed by atoms with E-state index < -0.39 is 0 Å². The smallest absolute Gasteiger partial charge is 0.0355 e. The molecule has 0 nitrogen and oxygen atoms in total. The standard InChI is InChI=1S/C15H26.C5H12/c1-9-4-12-7-14-10(2)6-11(3)15(14)8-13(12)5-9;1-5(2,3)4/h9-15H,4-8H2,1-3H3;1-4H3. The van der Waals surface area contributed by atoms with Crippen molar-refractivity contribution in [2.75, 3.05) is 0 Å². The Morgan fingerprint density at radius 3 is 1.30 bits per heavy atom. The summed E-state index contributed by atoms with van der Waals surface area (Å²) in [5.74, 6) is 7.54. The van der Waals surface area contributed by atoms with E-state index in [0.29, 0.717) is 5.41 Å². The number of hydrogen-bond donors (Lipinski definition) is 0. The maximum atomic E-state index is 2.51. The molecule has 6 atom stereocenters. The molecule has 3 rings (SSSR count). The molecule has 3 aliphatic carbocycles. The second-order valence-electron chi connectivity index (χ2n) is 10.1. The van der Waals surface area contributed by atoms with Gasteiger partial charge in [-0.2, -0.15) is 0 Å². The zero-order chi connectivity index (χ0) is 15.1. The highest BCUT2D eigenvalue weighted by atomic mass is 14.5. The van der Waals surface area contributed by atoms with Gasteiger partial charge < -0.3 is 0 Å². The van der Waals surface area contributed by atoms with Gasteiger partial charge in [-0.15, -0.1) is 0 Å². The van der Waals surface area contributed by atoms with Crippen LogP contribution >= 0.6 is 0 Å². The molecule has 0 heterocycles. The lowest BCUT2D eigenvalue weighted by molar-refractivity contribution is 0.119. The highest BCUT2D eigenvalue weighted by Crippen LogP contribution is 2.56. The summed E-state index contributed by atoms with van der Waals surface area (Å²) in [6.07, 6.45) is 7.80. The Morgan fingerprint density at radius 2 is 0.950 bits per heavy atom. The van der Waals surface area contributed by atoms with Gasteiger partial charge in [0.15, 0.2) is 0 Å². The summed E-state index contributed by atoms with van der Waals surface area (Å²) in [4.78, 5) is 0. The molecule has 0 aromatic carbocycles. The minimum atomic E-state index is 0.500. The maximum Gasteiger partial charge on any atom is -0.0355 e. The molecular formula is C20H38. The van der Waals surface area contributed by atoms with Gasteiger partial charge in [-0.1, -0.05) is 48.5 Å². The van der Waals surface area contributed by atoms with Crippen LogP contribution in [0.3, 0.4) is 0 Å². The Balaban J connectivity index is 0.000000257. The van der Waals surface area contributed by atoms with Crippen LogP contribution in [0.15, 0.2) is 0 Å². The van der Waals surface area contributed by atoms with E-state index in [0.717, 1.165) is 41.4 Å². The molecule has 0 heteroatoms. The molecule has 0 aliphatic heterocycles. The van der Waals surface area contributed by atoms with Crippen molar-refractivity contribution in [2.24, 2.45) is 46.8 Å². The second-order valence-corrected chi connectivity index (χ2v) is 10.1. The van der Waals surface area contributed by atoms with Crippen LogP contribution in [0.1, 0.15) is 80.6 Å². The minimum absolute atomic E-state index is 0.500. The molecule has 0 N–H and O–H groups in total. The Labute approximate surface area is 128 Å². The van der Waals surface area contributed by atoms with Crippen molar-refractivity contribution in [3.05, 3.63) is 0 Å². The first-order chi connectivity index (χ1) is 9.15. The van der Waals surface area contributed by atoms with Crippen molar-refractivity contribution in [2.45, 2.75) is 80.6 Å². The van der Waals surface area contributed by atoms with Crippen molar-refractivity contribution in [1.29, 1.82) is 0 Å². The summed E-state index contributed by atoms with van der Waals surface area (Å²) in [5.41, 5.74) is 0.500. The van der Waals surface area contributed by atoms with Crippen LogP contribution in [0.2, 0.25) is 0 Å². The summed E-state index contributed by atoms with van der Waals surface area (Å²) in [6.45, 7) is 16.3. The van der Waals surface area contributed by atoms with Gasteiger partial charge in [-0.25, -0.2) is 0 Å². The third-order valence-electron chi connectivity index (χ3n) is 5.98. The van der Waals surface area contributed by atoms with Gasteiger partial charge in [0.2, 0.25) is 0 Å². The van der Waals surface area contributed by atoms with Crippen LogP contribution in [-0.4, -0.2) is 0 Å². The third-order valence-corrected chi connectivity index (χ3v) is 5.98. The van der Waals surface area contributed by atoms with E-state index >= 15 is 0 Å². The zero-order valence-corrected chi connectivity index (χ0v) is 15.1. The first-order valence-electron chi connectivity index (χ1n) is 9.15. The molecule has 0 radical (unpaired) electrons. The van der Waals surface area contributed by atoms with Crippen molar-refractivity contribution in [1.82, 2.24) is 0 Å². The molecular weight excluding hydrogens is 240 g/mol. The van der Waals surface area contributed by atoms with E-state index in [2.05, 4.69) is 48.5 Å². The van der Waals surface area contributed by atoms with Gasteiger partial charge in [-0.05, 0) is 78.9 Å². The van der Waals surface area contributed by atoms with Crippen molar-refractivity contribution in [3.63, 3.8) is 0 Å². The summed E-state index contributed by atoms with van der Waals surface area (Å²) >= 11 is 0. The van der Waals surface area contributed by atoms with Gasteiger partial charge in [0.25, 0.3) is 0 Å². The van der Waals surface area contributed by atoms with Gasteiger partial charge in [0.1, 0.15) is 0 Å². The predicted molar refractivity (Wildman–Crippen MR) is 89.7 cm³/mol. The summed E-state index contributed by atoms with van der Waals surface area (Å²) < 4.78 is 0. The normalized spacial score (nSPS) is 47.2.